The number of aryl methyl sites for hydroxylation is 2. The summed E-state index contributed by atoms with van der Waals surface area (Å²) in [6, 6.07) is 5.11. The van der Waals surface area contributed by atoms with E-state index >= 15 is 0 Å². The monoisotopic (exact) mass is 325 g/mol. The van der Waals surface area contributed by atoms with Gasteiger partial charge in [-0.2, -0.15) is 5.10 Å². The number of hydrogen-bond donors (Lipinski definition) is 1. The first-order valence-corrected chi connectivity index (χ1v) is 6.91. The predicted octanol–water partition coefficient (Wildman–Crippen LogP) is 3.13. The molecule has 1 aromatic carbocycles. The molecule has 0 aliphatic heterocycles. The van der Waals surface area contributed by atoms with Crippen LogP contribution in [0.3, 0.4) is 0 Å². The van der Waals surface area contributed by atoms with Gasteiger partial charge in [0.2, 0.25) is 0 Å². The van der Waals surface area contributed by atoms with E-state index in [4.69, 9.17) is 0 Å². The third kappa shape index (κ3) is 3.42. The normalized spacial score (nSPS) is 12.7. The Hall–Kier alpha value is -1.20. The van der Waals surface area contributed by atoms with Crippen LogP contribution in [0.25, 0.3) is 0 Å². The highest BCUT2D eigenvalue weighted by Crippen LogP contribution is 2.23. The Morgan fingerprint density at radius 1 is 1.42 bits per heavy atom. The Bertz CT molecular complexity index is 560. The quantitative estimate of drug-likeness (QED) is 0.935. The van der Waals surface area contributed by atoms with Gasteiger partial charge in [-0.3, -0.25) is 4.68 Å². The molecule has 1 unspecified atom stereocenters. The first kappa shape index (κ1) is 14.2. The van der Waals surface area contributed by atoms with Crippen LogP contribution in [-0.2, 0) is 13.5 Å². The van der Waals surface area contributed by atoms with E-state index in [2.05, 4.69) is 26.3 Å². The van der Waals surface area contributed by atoms with Gasteiger partial charge in [-0.25, -0.2) is 4.39 Å². The average Bonchev–Trinajstić information content (AvgIpc) is 2.64. The van der Waals surface area contributed by atoms with Crippen LogP contribution in [0.5, 0.6) is 0 Å². The minimum Gasteiger partial charge on any atom is -0.313 e. The molecule has 19 heavy (non-hydrogen) atoms. The van der Waals surface area contributed by atoms with E-state index < -0.39 is 0 Å². The SMILES string of the molecule is CNC(Cc1cc(F)cc(Br)c1)c1cn(C)nc1C. The van der Waals surface area contributed by atoms with Crippen molar-refractivity contribution in [2.45, 2.75) is 19.4 Å². The zero-order chi connectivity index (χ0) is 14.0. The molecule has 0 amide bonds. The first-order chi connectivity index (χ1) is 8.99. The Balaban J connectivity index is 2.26. The largest absolute Gasteiger partial charge is 0.313 e. The number of rotatable bonds is 4. The van der Waals surface area contributed by atoms with E-state index in [1.807, 2.05) is 33.3 Å². The molecule has 2 rings (SSSR count). The van der Waals surface area contributed by atoms with Crippen LogP contribution in [0.2, 0.25) is 0 Å². The molecule has 0 aliphatic rings. The molecule has 2 aromatic rings. The summed E-state index contributed by atoms with van der Waals surface area (Å²) in [5.74, 6) is -0.220. The van der Waals surface area contributed by atoms with E-state index in [0.29, 0.717) is 0 Å². The molecule has 102 valence electrons. The molecule has 0 aliphatic carbocycles. The first-order valence-electron chi connectivity index (χ1n) is 6.12. The van der Waals surface area contributed by atoms with Crippen molar-refractivity contribution in [2.24, 2.45) is 7.05 Å². The van der Waals surface area contributed by atoms with Gasteiger partial charge in [-0.05, 0) is 44.2 Å². The highest BCUT2D eigenvalue weighted by Gasteiger charge is 2.16. The molecule has 0 spiro atoms. The van der Waals surface area contributed by atoms with Crippen molar-refractivity contribution in [3.8, 4) is 0 Å². The second-order valence-corrected chi connectivity index (χ2v) is 5.58. The minimum absolute atomic E-state index is 0.127. The number of nitrogens with zero attached hydrogens (tertiary/aromatic N) is 2. The van der Waals surface area contributed by atoms with Gasteiger partial charge in [-0.1, -0.05) is 15.9 Å². The Morgan fingerprint density at radius 3 is 2.68 bits per heavy atom. The zero-order valence-corrected chi connectivity index (χ0v) is 12.8. The number of benzene rings is 1. The summed E-state index contributed by atoms with van der Waals surface area (Å²) in [5, 5.41) is 7.62. The predicted molar refractivity (Wildman–Crippen MR) is 77.5 cm³/mol. The Labute approximate surface area is 121 Å². The van der Waals surface area contributed by atoms with Crippen LogP contribution < -0.4 is 5.32 Å². The lowest BCUT2D eigenvalue weighted by Crippen LogP contribution is -2.19. The second-order valence-electron chi connectivity index (χ2n) is 4.67. The molecule has 0 saturated carbocycles. The number of aromatic nitrogens is 2. The van der Waals surface area contributed by atoms with Gasteiger partial charge >= 0.3 is 0 Å². The highest BCUT2D eigenvalue weighted by atomic mass is 79.9. The van der Waals surface area contributed by atoms with Gasteiger partial charge in [0.05, 0.1) is 5.69 Å². The molecule has 0 radical (unpaired) electrons. The maximum Gasteiger partial charge on any atom is 0.124 e. The van der Waals surface area contributed by atoms with Crippen LogP contribution >= 0.6 is 15.9 Å². The minimum atomic E-state index is -0.220. The molecular formula is C14H17BrFN3. The van der Waals surface area contributed by atoms with Crippen molar-refractivity contribution in [2.75, 3.05) is 7.05 Å². The van der Waals surface area contributed by atoms with Crippen molar-refractivity contribution in [1.82, 2.24) is 15.1 Å². The molecule has 0 bridgehead atoms. The lowest BCUT2D eigenvalue weighted by Gasteiger charge is -2.16. The Kier molecular flexibility index (Phi) is 4.37. The van der Waals surface area contributed by atoms with Crippen LogP contribution in [0.4, 0.5) is 4.39 Å². The van der Waals surface area contributed by atoms with E-state index in [0.717, 1.165) is 27.7 Å². The zero-order valence-electron chi connectivity index (χ0n) is 11.2. The fraction of sp³-hybridized carbons (Fsp3) is 0.357. The molecule has 0 fully saturated rings. The van der Waals surface area contributed by atoms with Gasteiger partial charge < -0.3 is 5.32 Å². The lowest BCUT2D eigenvalue weighted by molar-refractivity contribution is 0.581. The number of hydrogen-bond acceptors (Lipinski definition) is 2. The van der Waals surface area contributed by atoms with Gasteiger partial charge in [0.15, 0.2) is 0 Å². The molecule has 5 heteroatoms. The van der Waals surface area contributed by atoms with E-state index in [-0.39, 0.29) is 11.9 Å². The van der Waals surface area contributed by atoms with E-state index in [1.54, 1.807) is 10.7 Å². The lowest BCUT2D eigenvalue weighted by atomic mass is 9.99. The van der Waals surface area contributed by atoms with Crippen molar-refractivity contribution in [1.29, 1.82) is 0 Å². The third-order valence-electron chi connectivity index (χ3n) is 3.14. The van der Waals surface area contributed by atoms with E-state index in [1.165, 1.54) is 6.07 Å². The van der Waals surface area contributed by atoms with Gasteiger partial charge in [-0.15, -0.1) is 0 Å². The summed E-state index contributed by atoms with van der Waals surface area (Å²) in [6.45, 7) is 1.99. The number of nitrogens with one attached hydrogen (secondary N) is 1. The molecule has 1 heterocycles. The van der Waals surface area contributed by atoms with Crippen molar-refractivity contribution < 1.29 is 4.39 Å². The van der Waals surface area contributed by atoms with Crippen molar-refractivity contribution in [3.05, 3.63) is 51.5 Å². The summed E-state index contributed by atoms with van der Waals surface area (Å²) in [6.07, 6.45) is 2.73. The topological polar surface area (TPSA) is 29.9 Å². The van der Waals surface area contributed by atoms with Crippen molar-refractivity contribution in [3.63, 3.8) is 0 Å². The van der Waals surface area contributed by atoms with Gasteiger partial charge in [0.1, 0.15) is 5.82 Å². The fourth-order valence-corrected chi connectivity index (χ4v) is 2.80. The van der Waals surface area contributed by atoms with Crippen molar-refractivity contribution >= 4 is 15.9 Å². The standard InChI is InChI=1S/C14H17BrFN3/c1-9-13(8-19(3)18-9)14(17-2)6-10-4-11(15)7-12(16)5-10/h4-5,7-8,14,17H,6H2,1-3H3. The molecule has 1 N–H and O–H groups in total. The maximum atomic E-state index is 13.4. The van der Waals surface area contributed by atoms with Crippen LogP contribution in [0, 0.1) is 12.7 Å². The highest BCUT2D eigenvalue weighted by molar-refractivity contribution is 9.10. The number of halogens is 2. The summed E-state index contributed by atoms with van der Waals surface area (Å²) in [4.78, 5) is 0. The van der Waals surface area contributed by atoms with Crippen LogP contribution in [-0.4, -0.2) is 16.8 Å². The summed E-state index contributed by atoms with van der Waals surface area (Å²) in [5.41, 5.74) is 3.09. The van der Waals surface area contributed by atoms with E-state index in [9.17, 15) is 4.39 Å². The molecule has 0 saturated heterocycles. The molecule has 3 nitrogen and oxygen atoms in total. The van der Waals surface area contributed by atoms with Crippen LogP contribution in [0.1, 0.15) is 22.9 Å². The molecular weight excluding hydrogens is 309 g/mol. The van der Waals surface area contributed by atoms with Gasteiger partial charge in [0.25, 0.3) is 0 Å². The number of likely N-dealkylation sites (N-methyl/N-ethyl adjacent to an activating group) is 1. The maximum absolute atomic E-state index is 13.4. The summed E-state index contributed by atoms with van der Waals surface area (Å²) < 4.78 is 16.0. The Morgan fingerprint density at radius 2 is 2.16 bits per heavy atom. The fourth-order valence-electron chi connectivity index (χ4n) is 2.29. The average molecular weight is 326 g/mol. The molecule has 1 atom stereocenters. The summed E-state index contributed by atoms with van der Waals surface area (Å²) >= 11 is 3.32. The van der Waals surface area contributed by atoms with Crippen LogP contribution in [0.15, 0.2) is 28.9 Å². The van der Waals surface area contributed by atoms with Gasteiger partial charge in [0, 0.05) is 29.3 Å². The molecule has 1 aromatic heterocycles. The smallest absolute Gasteiger partial charge is 0.124 e. The second kappa shape index (κ2) is 5.84. The third-order valence-corrected chi connectivity index (χ3v) is 3.60. The summed E-state index contributed by atoms with van der Waals surface area (Å²) in [7, 11) is 3.81.